The molecule has 116 valence electrons. The Bertz CT molecular complexity index is 767. The highest BCUT2D eigenvalue weighted by Crippen LogP contribution is 2.28. The molecule has 2 rings (SSSR count). The fraction of sp³-hybridized carbons (Fsp3) is 0.150. The third-order valence-corrected chi connectivity index (χ3v) is 3.23. The summed E-state index contributed by atoms with van der Waals surface area (Å²) in [5.41, 5.74) is 2.57. The molecule has 0 bridgehead atoms. The zero-order valence-electron chi connectivity index (χ0n) is 13.2. The molecule has 3 heteroatoms. The van der Waals surface area contributed by atoms with Gasteiger partial charge in [-0.1, -0.05) is 41.8 Å². The Morgan fingerprint density at radius 2 is 2.04 bits per heavy atom. The maximum atomic E-state index is 12.2. The minimum atomic E-state index is -0.0414. The van der Waals surface area contributed by atoms with Crippen LogP contribution < -0.4 is 9.47 Å². The summed E-state index contributed by atoms with van der Waals surface area (Å²) in [5.74, 6) is 3.52. The van der Waals surface area contributed by atoms with Gasteiger partial charge in [0.1, 0.15) is 6.61 Å². The van der Waals surface area contributed by atoms with Crippen molar-refractivity contribution in [3.8, 4) is 23.8 Å². The van der Waals surface area contributed by atoms with Crippen molar-refractivity contribution >= 4 is 11.9 Å². The summed E-state index contributed by atoms with van der Waals surface area (Å²) in [5, 5.41) is 0. The Labute approximate surface area is 136 Å². The molecule has 2 aromatic carbocycles. The van der Waals surface area contributed by atoms with Crippen molar-refractivity contribution in [2.75, 3.05) is 13.7 Å². The second kappa shape index (κ2) is 7.86. The van der Waals surface area contributed by atoms with Crippen molar-refractivity contribution in [1.29, 1.82) is 0 Å². The van der Waals surface area contributed by atoms with Crippen molar-refractivity contribution in [3.05, 3.63) is 65.2 Å². The lowest BCUT2D eigenvalue weighted by molar-refractivity contribution is 0.104. The first kappa shape index (κ1) is 16.4. The van der Waals surface area contributed by atoms with E-state index in [0.29, 0.717) is 17.1 Å². The van der Waals surface area contributed by atoms with Gasteiger partial charge in [-0.15, -0.1) is 6.42 Å². The zero-order chi connectivity index (χ0) is 16.7. The van der Waals surface area contributed by atoms with Gasteiger partial charge in [0.15, 0.2) is 17.3 Å². The molecule has 0 fully saturated rings. The number of carbonyl (C=O) groups excluding carboxylic acids is 1. The van der Waals surface area contributed by atoms with Gasteiger partial charge in [-0.05, 0) is 36.8 Å². The number of rotatable bonds is 6. The molecule has 0 heterocycles. The molecule has 0 saturated carbocycles. The van der Waals surface area contributed by atoms with Crippen LogP contribution >= 0.6 is 0 Å². The summed E-state index contributed by atoms with van der Waals surface area (Å²) in [6, 6.07) is 12.9. The van der Waals surface area contributed by atoms with Crippen molar-refractivity contribution in [1.82, 2.24) is 0 Å². The largest absolute Gasteiger partial charge is 0.493 e. The first-order valence-corrected chi connectivity index (χ1v) is 7.17. The molecule has 3 nitrogen and oxygen atoms in total. The number of methoxy groups -OCH3 is 1. The van der Waals surface area contributed by atoms with Gasteiger partial charge in [-0.3, -0.25) is 4.79 Å². The van der Waals surface area contributed by atoms with E-state index in [4.69, 9.17) is 15.9 Å². The molecule has 0 aliphatic heterocycles. The molecule has 0 unspecified atom stereocenters. The average Bonchev–Trinajstić information content (AvgIpc) is 2.58. The number of aryl methyl sites for hydroxylation is 1. The van der Waals surface area contributed by atoms with Gasteiger partial charge >= 0.3 is 0 Å². The van der Waals surface area contributed by atoms with E-state index in [1.165, 1.54) is 0 Å². The second-order valence-electron chi connectivity index (χ2n) is 4.97. The van der Waals surface area contributed by atoms with Crippen LogP contribution in [0.2, 0.25) is 0 Å². The molecule has 0 aliphatic rings. The van der Waals surface area contributed by atoms with Crippen LogP contribution in [0, 0.1) is 19.3 Å². The number of hydrogen-bond acceptors (Lipinski definition) is 3. The topological polar surface area (TPSA) is 35.5 Å². The molecule has 0 N–H and O–H groups in total. The lowest BCUT2D eigenvalue weighted by atomic mass is 10.1. The van der Waals surface area contributed by atoms with Crippen LogP contribution in [0.25, 0.3) is 6.08 Å². The van der Waals surface area contributed by atoms with E-state index < -0.39 is 0 Å². The van der Waals surface area contributed by atoms with Gasteiger partial charge in [0.25, 0.3) is 0 Å². The van der Waals surface area contributed by atoms with E-state index in [-0.39, 0.29) is 12.4 Å². The number of benzene rings is 2. The van der Waals surface area contributed by atoms with Gasteiger partial charge in [0.05, 0.1) is 7.11 Å². The second-order valence-corrected chi connectivity index (χ2v) is 4.97. The van der Waals surface area contributed by atoms with Crippen LogP contribution in [-0.2, 0) is 0 Å². The van der Waals surface area contributed by atoms with E-state index in [1.54, 1.807) is 37.5 Å². The summed E-state index contributed by atoms with van der Waals surface area (Å²) in [6.07, 6.45) is 8.48. The summed E-state index contributed by atoms with van der Waals surface area (Å²) in [6.45, 7) is 2.14. The van der Waals surface area contributed by atoms with Crippen LogP contribution in [0.5, 0.6) is 11.5 Å². The maximum absolute atomic E-state index is 12.2. The molecule has 0 aromatic heterocycles. The molecular formula is C20H18O3. The monoisotopic (exact) mass is 306 g/mol. The smallest absolute Gasteiger partial charge is 0.185 e. The van der Waals surface area contributed by atoms with Gasteiger partial charge in [-0.25, -0.2) is 0 Å². The lowest BCUT2D eigenvalue weighted by Crippen LogP contribution is -1.97. The van der Waals surface area contributed by atoms with Gasteiger partial charge in [-0.2, -0.15) is 0 Å². The van der Waals surface area contributed by atoms with Gasteiger partial charge < -0.3 is 9.47 Å². The Morgan fingerprint density at radius 1 is 1.22 bits per heavy atom. The minimum absolute atomic E-state index is 0.0414. The van der Waals surface area contributed by atoms with Gasteiger partial charge in [0.2, 0.25) is 0 Å². The molecule has 0 atom stereocenters. The van der Waals surface area contributed by atoms with E-state index >= 15 is 0 Å². The fourth-order valence-electron chi connectivity index (χ4n) is 2.09. The molecule has 0 amide bonds. The quantitative estimate of drug-likeness (QED) is 0.461. The van der Waals surface area contributed by atoms with E-state index in [2.05, 4.69) is 5.92 Å². The molecule has 0 aliphatic carbocycles. The first-order chi connectivity index (χ1) is 11.1. The predicted molar refractivity (Wildman–Crippen MR) is 91.9 cm³/mol. The van der Waals surface area contributed by atoms with Crippen LogP contribution in [-0.4, -0.2) is 19.5 Å². The van der Waals surface area contributed by atoms with Crippen LogP contribution in [0.15, 0.2) is 48.5 Å². The fourth-order valence-corrected chi connectivity index (χ4v) is 2.09. The van der Waals surface area contributed by atoms with Crippen molar-refractivity contribution in [2.45, 2.75) is 6.92 Å². The molecule has 0 radical (unpaired) electrons. The number of ether oxygens (including phenoxy) is 2. The zero-order valence-corrected chi connectivity index (χ0v) is 13.2. The standard InChI is InChI=1S/C20H18O3/c1-4-12-23-19-11-9-16(14-20(19)22-3)8-10-18(21)17-7-5-6-15(2)13-17/h1,5-11,13-14H,12H2,2-3H3/b10-8+. The third kappa shape index (κ3) is 4.49. The number of terminal acetylenes is 1. The Kier molecular flexibility index (Phi) is 5.60. The predicted octanol–water partition coefficient (Wildman–Crippen LogP) is 3.91. The van der Waals surface area contributed by atoms with Crippen molar-refractivity contribution in [2.24, 2.45) is 0 Å². The van der Waals surface area contributed by atoms with E-state index in [0.717, 1.165) is 11.1 Å². The molecule has 23 heavy (non-hydrogen) atoms. The van der Waals surface area contributed by atoms with Crippen LogP contribution in [0.4, 0.5) is 0 Å². The van der Waals surface area contributed by atoms with Crippen molar-refractivity contribution in [3.63, 3.8) is 0 Å². The molecule has 0 saturated heterocycles. The highest BCUT2D eigenvalue weighted by molar-refractivity contribution is 6.06. The highest BCUT2D eigenvalue weighted by atomic mass is 16.5. The number of hydrogen-bond donors (Lipinski definition) is 0. The van der Waals surface area contributed by atoms with Crippen LogP contribution in [0.3, 0.4) is 0 Å². The van der Waals surface area contributed by atoms with E-state index in [9.17, 15) is 4.79 Å². The van der Waals surface area contributed by atoms with Crippen LogP contribution in [0.1, 0.15) is 21.5 Å². The first-order valence-electron chi connectivity index (χ1n) is 7.17. The summed E-state index contributed by atoms with van der Waals surface area (Å²) < 4.78 is 10.7. The Balaban J connectivity index is 2.16. The summed E-state index contributed by atoms with van der Waals surface area (Å²) in [4.78, 5) is 12.2. The summed E-state index contributed by atoms with van der Waals surface area (Å²) >= 11 is 0. The molecule has 0 spiro atoms. The molecular weight excluding hydrogens is 288 g/mol. The average molecular weight is 306 g/mol. The lowest BCUT2D eigenvalue weighted by Gasteiger charge is -2.09. The molecule has 2 aromatic rings. The number of ketones is 1. The highest BCUT2D eigenvalue weighted by Gasteiger charge is 2.05. The maximum Gasteiger partial charge on any atom is 0.185 e. The number of carbonyl (C=O) groups is 1. The SMILES string of the molecule is C#CCOc1ccc(/C=C/C(=O)c2cccc(C)c2)cc1OC. The minimum Gasteiger partial charge on any atom is -0.493 e. The Hall–Kier alpha value is -2.99. The van der Waals surface area contributed by atoms with Gasteiger partial charge in [0, 0.05) is 5.56 Å². The Morgan fingerprint density at radius 3 is 2.74 bits per heavy atom. The normalized spacial score (nSPS) is 10.3. The summed E-state index contributed by atoms with van der Waals surface area (Å²) in [7, 11) is 1.56. The third-order valence-electron chi connectivity index (χ3n) is 3.23. The van der Waals surface area contributed by atoms with Crippen molar-refractivity contribution < 1.29 is 14.3 Å². The van der Waals surface area contributed by atoms with E-state index in [1.807, 2.05) is 31.2 Å². The number of allylic oxidation sites excluding steroid dienone is 1.